The summed E-state index contributed by atoms with van der Waals surface area (Å²) >= 11 is 1.88. The zero-order chi connectivity index (χ0) is 12.5. The van der Waals surface area contributed by atoms with Crippen LogP contribution in [0.25, 0.3) is 0 Å². The molecule has 0 amide bonds. The average molecular weight is 253 g/mol. The molecule has 0 saturated heterocycles. The Hall–Kier alpha value is -1.16. The molecule has 0 saturated carbocycles. The lowest BCUT2D eigenvalue weighted by Gasteiger charge is -2.06. The topological polar surface area (TPSA) is 49.3 Å². The van der Waals surface area contributed by atoms with Gasteiger partial charge in [0, 0.05) is 12.2 Å². The zero-order valence-corrected chi connectivity index (χ0v) is 10.9. The average Bonchev–Trinajstić information content (AvgIpc) is 2.34. The van der Waals surface area contributed by atoms with Crippen molar-refractivity contribution in [1.82, 2.24) is 0 Å². The third-order valence-corrected chi connectivity index (χ3v) is 3.16. The van der Waals surface area contributed by atoms with Crippen molar-refractivity contribution in [3.05, 3.63) is 29.8 Å². The van der Waals surface area contributed by atoms with Crippen LogP contribution in [-0.2, 0) is 0 Å². The number of hydrogen-bond acceptors (Lipinski definition) is 3. The highest BCUT2D eigenvalue weighted by molar-refractivity contribution is 7.98. The van der Waals surface area contributed by atoms with E-state index < -0.39 is 5.97 Å². The van der Waals surface area contributed by atoms with E-state index in [2.05, 4.69) is 11.6 Å². The highest BCUT2D eigenvalue weighted by Crippen LogP contribution is 2.11. The van der Waals surface area contributed by atoms with Gasteiger partial charge in [0.15, 0.2) is 0 Å². The predicted octanol–water partition coefficient (Wildman–Crippen LogP) is 3.33. The first kappa shape index (κ1) is 13.9. The predicted molar refractivity (Wildman–Crippen MR) is 74.1 cm³/mol. The van der Waals surface area contributed by atoms with Crippen molar-refractivity contribution in [1.29, 1.82) is 0 Å². The van der Waals surface area contributed by atoms with Crippen LogP contribution in [0.4, 0.5) is 5.69 Å². The van der Waals surface area contributed by atoms with Crippen LogP contribution in [0.2, 0.25) is 0 Å². The highest BCUT2D eigenvalue weighted by atomic mass is 32.2. The minimum absolute atomic E-state index is 0.331. The highest BCUT2D eigenvalue weighted by Gasteiger charge is 2.02. The maximum absolute atomic E-state index is 10.8. The molecule has 1 rings (SSSR count). The quantitative estimate of drug-likeness (QED) is 0.698. The Labute approximate surface area is 107 Å². The SMILES string of the molecule is CSCCCCCNc1cccc(C(=O)O)c1. The third kappa shape index (κ3) is 5.63. The van der Waals surface area contributed by atoms with E-state index in [9.17, 15) is 4.79 Å². The number of thioether (sulfide) groups is 1. The van der Waals surface area contributed by atoms with Gasteiger partial charge in [-0.25, -0.2) is 4.79 Å². The second kappa shape index (κ2) is 8.01. The molecule has 0 aliphatic rings. The van der Waals surface area contributed by atoms with E-state index in [1.165, 1.54) is 18.6 Å². The summed E-state index contributed by atoms with van der Waals surface area (Å²) in [6.45, 7) is 0.900. The summed E-state index contributed by atoms with van der Waals surface area (Å²) in [4.78, 5) is 10.8. The van der Waals surface area contributed by atoms with Gasteiger partial charge in [-0.2, -0.15) is 11.8 Å². The van der Waals surface area contributed by atoms with Crippen LogP contribution in [0, 0.1) is 0 Å². The number of unbranched alkanes of at least 4 members (excludes halogenated alkanes) is 2. The second-order valence-electron chi connectivity index (χ2n) is 3.87. The Bertz CT molecular complexity index is 355. The molecule has 2 N–H and O–H groups in total. The summed E-state index contributed by atoms with van der Waals surface area (Å²) in [5, 5.41) is 12.1. The number of nitrogens with one attached hydrogen (secondary N) is 1. The molecule has 0 aliphatic heterocycles. The molecule has 1 aromatic rings. The van der Waals surface area contributed by atoms with Crippen molar-refractivity contribution >= 4 is 23.4 Å². The number of hydrogen-bond donors (Lipinski definition) is 2. The molecule has 0 aromatic heterocycles. The summed E-state index contributed by atoms with van der Waals surface area (Å²) < 4.78 is 0. The molecule has 0 unspecified atom stereocenters. The standard InChI is InChI=1S/C13H19NO2S/c1-17-9-4-2-3-8-14-12-7-5-6-11(10-12)13(15)16/h5-7,10,14H,2-4,8-9H2,1H3,(H,15,16). The van der Waals surface area contributed by atoms with Crippen molar-refractivity contribution in [2.24, 2.45) is 0 Å². The minimum Gasteiger partial charge on any atom is -0.478 e. The monoisotopic (exact) mass is 253 g/mol. The van der Waals surface area contributed by atoms with Crippen LogP contribution in [0.1, 0.15) is 29.6 Å². The van der Waals surface area contributed by atoms with Gasteiger partial charge in [0.05, 0.1) is 5.56 Å². The molecule has 0 heterocycles. The lowest BCUT2D eigenvalue weighted by atomic mass is 10.2. The maximum Gasteiger partial charge on any atom is 0.335 e. The van der Waals surface area contributed by atoms with Gasteiger partial charge in [0.25, 0.3) is 0 Å². The van der Waals surface area contributed by atoms with Crippen LogP contribution >= 0.6 is 11.8 Å². The van der Waals surface area contributed by atoms with Crippen LogP contribution in [0.15, 0.2) is 24.3 Å². The Morgan fingerprint density at radius 2 is 2.18 bits per heavy atom. The molecule has 17 heavy (non-hydrogen) atoms. The molecule has 0 radical (unpaired) electrons. The first-order valence-electron chi connectivity index (χ1n) is 5.80. The number of rotatable bonds is 8. The van der Waals surface area contributed by atoms with Crippen LogP contribution in [0.5, 0.6) is 0 Å². The molecule has 0 fully saturated rings. The van der Waals surface area contributed by atoms with Gasteiger partial charge in [0.1, 0.15) is 0 Å². The number of carbonyl (C=O) groups is 1. The molecule has 1 aromatic carbocycles. The van der Waals surface area contributed by atoms with Crippen molar-refractivity contribution < 1.29 is 9.90 Å². The maximum atomic E-state index is 10.8. The van der Waals surface area contributed by atoms with Crippen LogP contribution < -0.4 is 5.32 Å². The molecule has 0 aliphatic carbocycles. The Kier molecular flexibility index (Phi) is 6.55. The summed E-state index contributed by atoms with van der Waals surface area (Å²) in [5.41, 5.74) is 1.21. The molecule has 0 bridgehead atoms. The van der Waals surface area contributed by atoms with Gasteiger partial charge in [-0.05, 0) is 43.0 Å². The molecular weight excluding hydrogens is 234 g/mol. The summed E-state index contributed by atoms with van der Waals surface area (Å²) in [5.74, 6) is 0.336. The first-order valence-corrected chi connectivity index (χ1v) is 7.19. The number of carboxylic acids is 1. The van der Waals surface area contributed by atoms with Crippen molar-refractivity contribution in [2.45, 2.75) is 19.3 Å². The van der Waals surface area contributed by atoms with E-state index in [0.717, 1.165) is 18.7 Å². The van der Waals surface area contributed by atoms with Crippen LogP contribution in [-0.4, -0.2) is 29.6 Å². The first-order chi connectivity index (χ1) is 8.24. The third-order valence-electron chi connectivity index (χ3n) is 2.46. The molecule has 0 atom stereocenters. The normalized spacial score (nSPS) is 10.2. The number of benzene rings is 1. The summed E-state index contributed by atoms with van der Waals surface area (Å²) in [7, 11) is 0. The van der Waals surface area contributed by atoms with E-state index in [1.807, 2.05) is 17.8 Å². The van der Waals surface area contributed by atoms with E-state index >= 15 is 0 Å². The zero-order valence-electron chi connectivity index (χ0n) is 10.1. The van der Waals surface area contributed by atoms with Crippen molar-refractivity contribution in [3.63, 3.8) is 0 Å². The molecule has 4 heteroatoms. The second-order valence-corrected chi connectivity index (χ2v) is 4.85. The Balaban J connectivity index is 2.27. The smallest absolute Gasteiger partial charge is 0.335 e. The summed E-state index contributed by atoms with van der Waals surface area (Å²) in [6.07, 6.45) is 5.71. The fraction of sp³-hybridized carbons (Fsp3) is 0.462. The Morgan fingerprint density at radius 3 is 2.88 bits per heavy atom. The summed E-state index contributed by atoms with van der Waals surface area (Å²) in [6, 6.07) is 6.93. The van der Waals surface area contributed by atoms with Crippen LogP contribution in [0.3, 0.4) is 0 Å². The lowest BCUT2D eigenvalue weighted by molar-refractivity contribution is 0.0697. The van der Waals surface area contributed by atoms with Crippen molar-refractivity contribution in [2.75, 3.05) is 23.9 Å². The largest absolute Gasteiger partial charge is 0.478 e. The van der Waals surface area contributed by atoms with Gasteiger partial charge in [0.2, 0.25) is 0 Å². The molecular formula is C13H19NO2S. The van der Waals surface area contributed by atoms with Gasteiger partial charge in [-0.1, -0.05) is 12.5 Å². The fourth-order valence-corrected chi connectivity index (χ4v) is 2.04. The lowest BCUT2D eigenvalue weighted by Crippen LogP contribution is -2.03. The van der Waals surface area contributed by atoms with E-state index in [1.54, 1.807) is 18.2 Å². The fourth-order valence-electron chi connectivity index (χ4n) is 1.54. The van der Waals surface area contributed by atoms with E-state index in [4.69, 9.17) is 5.11 Å². The molecule has 94 valence electrons. The van der Waals surface area contributed by atoms with Gasteiger partial charge in [-0.15, -0.1) is 0 Å². The number of anilines is 1. The van der Waals surface area contributed by atoms with Crippen molar-refractivity contribution in [3.8, 4) is 0 Å². The minimum atomic E-state index is -0.881. The van der Waals surface area contributed by atoms with Gasteiger partial charge < -0.3 is 10.4 Å². The van der Waals surface area contributed by atoms with Gasteiger partial charge in [-0.3, -0.25) is 0 Å². The van der Waals surface area contributed by atoms with E-state index in [-0.39, 0.29) is 0 Å². The molecule has 0 spiro atoms. The Morgan fingerprint density at radius 1 is 1.35 bits per heavy atom. The number of carboxylic acid groups (broad SMARTS) is 1. The molecule has 3 nitrogen and oxygen atoms in total. The number of aromatic carboxylic acids is 1. The van der Waals surface area contributed by atoms with Gasteiger partial charge >= 0.3 is 5.97 Å². The van der Waals surface area contributed by atoms with E-state index in [0.29, 0.717) is 5.56 Å².